The fraction of sp³-hybridized carbons (Fsp3) is 0.0417. The van der Waals surface area contributed by atoms with Gasteiger partial charge in [-0.15, -0.1) is 5.10 Å². The minimum Gasteiger partial charge on any atom is -0.457 e. The summed E-state index contributed by atoms with van der Waals surface area (Å²) in [5, 5.41) is 5.43. The first kappa shape index (κ1) is 19.2. The Labute approximate surface area is 193 Å². The molecule has 0 saturated carbocycles. The van der Waals surface area contributed by atoms with E-state index < -0.39 is 0 Å². The lowest BCUT2D eigenvalue weighted by molar-refractivity contribution is 0.571. The molecule has 4 aromatic heterocycles. The molecule has 156 valence electrons. The SMILES string of the molecule is Cc1c(-c2nc3s/c(=C\c4ccc(-c5ccc(Br)cc5)o4)c(=O)n3n2)oc2ccccc12. The van der Waals surface area contributed by atoms with Crippen LogP contribution in [0.3, 0.4) is 0 Å². The van der Waals surface area contributed by atoms with Gasteiger partial charge in [0.1, 0.15) is 21.6 Å². The molecule has 0 spiro atoms. The molecule has 6 rings (SSSR count). The minimum absolute atomic E-state index is 0.237. The van der Waals surface area contributed by atoms with Crippen LogP contribution in [0.4, 0.5) is 0 Å². The number of hydrogen-bond acceptors (Lipinski definition) is 6. The van der Waals surface area contributed by atoms with Crippen LogP contribution in [0.25, 0.3) is 44.9 Å². The summed E-state index contributed by atoms with van der Waals surface area (Å²) in [6, 6.07) is 19.4. The molecule has 0 N–H and O–H groups in total. The van der Waals surface area contributed by atoms with Crippen molar-refractivity contribution in [3.63, 3.8) is 0 Å². The van der Waals surface area contributed by atoms with E-state index in [0.29, 0.717) is 26.8 Å². The molecule has 0 aliphatic carbocycles. The summed E-state index contributed by atoms with van der Waals surface area (Å²) in [4.78, 5) is 18.0. The maximum atomic E-state index is 12.9. The predicted octanol–water partition coefficient (Wildman–Crippen LogP) is 5.44. The lowest BCUT2D eigenvalue weighted by Crippen LogP contribution is -2.23. The number of halogens is 1. The summed E-state index contributed by atoms with van der Waals surface area (Å²) in [6.45, 7) is 1.97. The van der Waals surface area contributed by atoms with Crippen molar-refractivity contribution < 1.29 is 8.83 Å². The number of para-hydroxylation sites is 1. The molecule has 32 heavy (non-hydrogen) atoms. The lowest BCUT2D eigenvalue weighted by Gasteiger charge is -1.96. The minimum atomic E-state index is -0.237. The van der Waals surface area contributed by atoms with E-state index in [2.05, 4.69) is 26.0 Å². The number of hydrogen-bond donors (Lipinski definition) is 0. The van der Waals surface area contributed by atoms with Crippen molar-refractivity contribution in [1.29, 1.82) is 0 Å². The summed E-state index contributed by atoms with van der Waals surface area (Å²) in [5.41, 5.74) is 2.45. The van der Waals surface area contributed by atoms with Crippen molar-refractivity contribution in [3.05, 3.63) is 91.3 Å². The van der Waals surface area contributed by atoms with Gasteiger partial charge in [0, 0.05) is 27.1 Å². The van der Waals surface area contributed by atoms with Gasteiger partial charge < -0.3 is 8.83 Å². The van der Waals surface area contributed by atoms with E-state index in [1.807, 2.05) is 67.6 Å². The van der Waals surface area contributed by atoms with E-state index in [0.717, 1.165) is 32.3 Å². The van der Waals surface area contributed by atoms with Crippen molar-refractivity contribution in [2.75, 3.05) is 0 Å². The molecular weight excluding hydrogens is 490 g/mol. The molecule has 6 nitrogen and oxygen atoms in total. The Morgan fingerprint density at radius 2 is 1.84 bits per heavy atom. The molecule has 0 saturated heterocycles. The molecule has 0 amide bonds. The molecule has 8 heteroatoms. The fourth-order valence-corrected chi connectivity index (χ4v) is 4.80. The van der Waals surface area contributed by atoms with E-state index in [9.17, 15) is 4.79 Å². The monoisotopic (exact) mass is 503 g/mol. The molecular formula is C24H14BrN3O3S. The molecule has 6 aromatic rings. The van der Waals surface area contributed by atoms with Crippen LogP contribution in [-0.4, -0.2) is 14.6 Å². The molecule has 0 fully saturated rings. The standard InChI is InChI=1S/C24H14BrN3O3S/c1-13-17-4-2-3-5-19(17)31-21(13)22-26-24-28(27-22)23(29)20(32-24)12-16-10-11-18(30-16)14-6-8-15(25)9-7-14/h2-12H,1H3/b20-12-. The Bertz CT molecular complexity index is 1720. The van der Waals surface area contributed by atoms with E-state index in [1.54, 1.807) is 6.08 Å². The van der Waals surface area contributed by atoms with Crippen molar-refractivity contribution in [3.8, 4) is 22.9 Å². The van der Waals surface area contributed by atoms with Crippen molar-refractivity contribution in [1.82, 2.24) is 14.6 Å². The zero-order valence-corrected chi connectivity index (χ0v) is 19.1. The smallest absolute Gasteiger partial charge is 0.291 e. The van der Waals surface area contributed by atoms with Crippen LogP contribution in [0.1, 0.15) is 11.3 Å². The van der Waals surface area contributed by atoms with Crippen molar-refractivity contribution >= 4 is 49.3 Å². The van der Waals surface area contributed by atoms with E-state index in [4.69, 9.17) is 8.83 Å². The van der Waals surface area contributed by atoms with Gasteiger partial charge in [-0.25, -0.2) is 0 Å². The highest BCUT2D eigenvalue weighted by molar-refractivity contribution is 9.10. The van der Waals surface area contributed by atoms with Gasteiger partial charge >= 0.3 is 0 Å². The quantitative estimate of drug-likeness (QED) is 0.321. The molecule has 4 heterocycles. The Morgan fingerprint density at radius 1 is 1.03 bits per heavy atom. The molecule has 0 aliphatic heterocycles. The molecule has 0 atom stereocenters. The first-order valence-corrected chi connectivity index (χ1v) is 11.4. The van der Waals surface area contributed by atoms with Gasteiger partial charge in [-0.2, -0.15) is 9.50 Å². The van der Waals surface area contributed by atoms with Crippen LogP contribution in [0, 0.1) is 6.92 Å². The Kier molecular flexibility index (Phi) is 4.38. The molecule has 2 aromatic carbocycles. The summed E-state index contributed by atoms with van der Waals surface area (Å²) >= 11 is 4.70. The summed E-state index contributed by atoms with van der Waals surface area (Å²) in [6.07, 6.45) is 1.72. The number of aromatic nitrogens is 3. The van der Waals surface area contributed by atoms with Crippen LogP contribution < -0.4 is 10.1 Å². The first-order chi connectivity index (χ1) is 15.6. The summed E-state index contributed by atoms with van der Waals surface area (Å²) in [5.74, 6) is 2.32. The van der Waals surface area contributed by atoms with E-state index in [-0.39, 0.29) is 5.56 Å². The fourth-order valence-electron chi connectivity index (χ4n) is 3.65. The number of thiazole rings is 1. The second-order valence-corrected chi connectivity index (χ2v) is 9.23. The van der Waals surface area contributed by atoms with Gasteiger partial charge in [-0.05, 0) is 37.3 Å². The van der Waals surface area contributed by atoms with Crippen molar-refractivity contribution in [2.24, 2.45) is 0 Å². The summed E-state index contributed by atoms with van der Waals surface area (Å²) in [7, 11) is 0. The number of furan rings is 2. The highest BCUT2D eigenvalue weighted by Crippen LogP contribution is 2.31. The van der Waals surface area contributed by atoms with Crippen molar-refractivity contribution in [2.45, 2.75) is 6.92 Å². The zero-order valence-electron chi connectivity index (χ0n) is 16.7. The largest absolute Gasteiger partial charge is 0.457 e. The topological polar surface area (TPSA) is 73.5 Å². The second-order valence-electron chi connectivity index (χ2n) is 7.31. The number of aryl methyl sites for hydroxylation is 1. The number of nitrogens with zero attached hydrogens (tertiary/aromatic N) is 3. The van der Waals surface area contributed by atoms with E-state index >= 15 is 0 Å². The number of benzene rings is 2. The third-order valence-electron chi connectivity index (χ3n) is 5.26. The third-order valence-corrected chi connectivity index (χ3v) is 6.75. The average molecular weight is 504 g/mol. The Morgan fingerprint density at radius 3 is 2.62 bits per heavy atom. The van der Waals surface area contributed by atoms with E-state index in [1.165, 1.54) is 15.9 Å². The van der Waals surface area contributed by atoms with Gasteiger partial charge in [0.2, 0.25) is 10.8 Å². The number of fused-ring (bicyclic) bond motifs is 2. The van der Waals surface area contributed by atoms with Gasteiger partial charge in [0.25, 0.3) is 5.56 Å². The van der Waals surface area contributed by atoms with Gasteiger partial charge in [-0.1, -0.05) is 57.6 Å². The maximum Gasteiger partial charge on any atom is 0.291 e. The molecule has 0 bridgehead atoms. The molecule has 0 aliphatic rings. The second kappa shape index (κ2) is 7.29. The first-order valence-electron chi connectivity index (χ1n) is 9.82. The lowest BCUT2D eigenvalue weighted by atomic mass is 10.1. The molecule has 0 unspecified atom stereocenters. The highest BCUT2D eigenvalue weighted by Gasteiger charge is 2.19. The van der Waals surface area contributed by atoms with Crippen LogP contribution in [-0.2, 0) is 0 Å². The summed E-state index contributed by atoms with van der Waals surface area (Å²) < 4.78 is 14.7. The predicted molar refractivity (Wildman–Crippen MR) is 128 cm³/mol. The van der Waals surface area contributed by atoms with Crippen LogP contribution in [0.2, 0.25) is 0 Å². The van der Waals surface area contributed by atoms with Gasteiger partial charge in [0.05, 0.1) is 0 Å². The zero-order chi connectivity index (χ0) is 21.8. The van der Waals surface area contributed by atoms with Crippen LogP contribution in [0.5, 0.6) is 0 Å². The third kappa shape index (κ3) is 3.11. The number of rotatable bonds is 3. The van der Waals surface area contributed by atoms with Crippen LogP contribution in [0.15, 0.2) is 78.8 Å². The highest BCUT2D eigenvalue weighted by atomic mass is 79.9. The van der Waals surface area contributed by atoms with Gasteiger partial charge in [0.15, 0.2) is 5.76 Å². The maximum absolute atomic E-state index is 12.9. The normalized spacial score (nSPS) is 12.4. The Balaban J connectivity index is 1.39. The van der Waals surface area contributed by atoms with Crippen LogP contribution >= 0.6 is 27.3 Å². The molecule has 0 radical (unpaired) electrons. The average Bonchev–Trinajstić information content (AvgIpc) is 3.55. The van der Waals surface area contributed by atoms with Gasteiger partial charge in [-0.3, -0.25) is 4.79 Å². The Hall–Kier alpha value is -3.49.